The first kappa shape index (κ1) is 20.5. The largest absolute Gasteiger partial charge is 0.355 e. The number of aromatic nitrogens is 3. The van der Waals surface area contributed by atoms with E-state index in [0.717, 1.165) is 29.7 Å². The lowest BCUT2D eigenvalue weighted by atomic mass is 9.91. The van der Waals surface area contributed by atoms with Gasteiger partial charge >= 0.3 is 0 Å². The molecule has 30 heavy (non-hydrogen) atoms. The molecule has 2 atom stereocenters. The van der Waals surface area contributed by atoms with Crippen LogP contribution in [0.25, 0.3) is 10.9 Å². The highest BCUT2D eigenvalue weighted by molar-refractivity contribution is 5.78. The van der Waals surface area contributed by atoms with E-state index in [1.165, 1.54) is 24.0 Å². The van der Waals surface area contributed by atoms with E-state index in [-0.39, 0.29) is 17.9 Å². The Labute approximate surface area is 178 Å². The van der Waals surface area contributed by atoms with Crippen molar-refractivity contribution in [2.45, 2.75) is 44.1 Å². The Bertz CT molecular complexity index is 964. The average Bonchev–Trinajstić information content (AvgIpc) is 3.44. The molecule has 4 rings (SSSR count). The van der Waals surface area contributed by atoms with Gasteiger partial charge in [0, 0.05) is 36.8 Å². The summed E-state index contributed by atoms with van der Waals surface area (Å²) in [6.07, 6.45) is 10.6. The van der Waals surface area contributed by atoms with Crippen LogP contribution >= 0.6 is 0 Å². The zero-order valence-electron chi connectivity index (χ0n) is 17.8. The lowest BCUT2D eigenvalue weighted by Crippen LogP contribution is -2.41. The van der Waals surface area contributed by atoms with Crippen LogP contribution in [0, 0.1) is 5.92 Å². The molecule has 0 spiro atoms. The van der Waals surface area contributed by atoms with Crippen LogP contribution in [0.15, 0.2) is 48.9 Å². The Morgan fingerprint density at radius 3 is 2.87 bits per heavy atom. The molecule has 1 fully saturated rings. The Kier molecular flexibility index (Phi) is 6.43. The summed E-state index contributed by atoms with van der Waals surface area (Å²) < 4.78 is 0. The van der Waals surface area contributed by atoms with Crippen molar-refractivity contribution in [3.05, 3.63) is 60.0 Å². The monoisotopic (exact) mass is 405 g/mol. The van der Waals surface area contributed by atoms with Gasteiger partial charge in [-0.1, -0.05) is 25.0 Å². The SMILES string of the molecule is CN(C)[C@H](CNC(=O)C[C@@H](CC1CC1)c1cccnc1)Cc1ccc2[nH]ncc2c1. The van der Waals surface area contributed by atoms with Crippen LogP contribution in [0.4, 0.5) is 0 Å². The Balaban J connectivity index is 1.34. The average molecular weight is 406 g/mol. The Morgan fingerprint density at radius 2 is 2.13 bits per heavy atom. The molecule has 1 aliphatic rings. The molecular weight excluding hydrogens is 374 g/mol. The number of hydrogen-bond acceptors (Lipinski definition) is 4. The summed E-state index contributed by atoms with van der Waals surface area (Å²) in [6.45, 7) is 0.637. The van der Waals surface area contributed by atoms with E-state index in [2.05, 4.69) is 63.8 Å². The van der Waals surface area contributed by atoms with Gasteiger partial charge in [-0.15, -0.1) is 0 Å². The summed E-state index contributed by atoms with van der Waals surface area (Å²) in [4.78, 5) is 19.2. The van der Waals surface area contributed by atoms with Crippen molar-refractivity contribution >= 4 is 16.8 Å². The number of rotatable bonds is 10. The third-order valence-corrected chi connectivity index (χ3v) is 6.14. The number of nitrogens with one attached hydrogen (secondary N) is 2. The Morgan fingerprint density at radius 1 is 1.27 bits per heavy atom. The van der Waals surface area contributed by atoms with E-state index in [0.29, 0.717) is 13.0 Å². The predicted molar refractivity (Wildman–Crippen MR) is 119 cm³/mol. The maximum Gasteiger partial charge on any atom is 0.220 e. The third kappa shape index (κ3) is 5.45. The summed E-state index contributed by atoms with van der Waals surface area (Å²) in [5.41, 5.74) is 3.47. The number of likely N-dealkylation sites (N-methyl/N-ethyl adjacent to an activating group) is 1. The minimum absolute atomic E-state index is 0.127. The summed E-state index contributed by atoms with van der Waals surface area (Å²) >= 11 is 0. The van der Waals surface area contributed by atoms with Gasteiger partial charge in [0.15, 0.2) is 0 Å². The molecular formula is C24H31N5O. The molecule has 0 radical (unpaired) electrons. The molecule has 2 heterocycles. The number of nitrogens with zero attached hydrogens (tertiary/aromatic N) is 3. The smallest absolute Gasteiger partial charge is 0.220 e. The lowest BCUT2D eigenvalue weighted by molar-refractivity contribution is -0.121. The van der Waals surface area contributed by atoms with Gasteiger partial charge in [0.2, 0.25) is 5.91 Å². The van der Waals surface area contributed by atoms with Crippen LogP contribution in [0.2, 0.25) is 0 Å². The van der Waals surface area contributed by atoms with Crippen LogP contribution in [0.5, 0.6) is 0 Å². The number of hydrogen-bond donors (Lipinski definition) is 2. The van der Waals surface area contributed by atoms with E-state index >= 15 is 0 Å². The molecule has 0 unspecified atom stereocenters. The molecule has 6 heteroatoms. The maximum atomic E-state index is 12.8. The van der Waals surface area contributed by atoms with Gasteiger partial charge in [-0.3, -0.25) is 14.9 Å². The fourth-order valence-electron chi connectivity index (χ4n) is 4.07. The number of pyridine rings is 1. The lowest BCUT2D eigenvalue weighted by Gasteiger charge is -2.25. The van der Waals surface area contributed by atoms with Crippen LogP contribution in [0.1, 0.15) is 42.7 Å². The molecule has 3 aromatic rings. The number of H-pyrrole nitrogens is 1. The van der Waals surface area contributed by atoms with Crippen molar-refractivity contribution in [1.29, 1.82) is 0 Å². The van der Waals surface area contributed by atoms with Crippen molar-refractivity contribution in [1.82, 2.24) is 25.4 Å². The first-order chi connectivity index (χ1) is 14.6. The predicted octanol–water partition coefficient (Wildman–Crippen LogP) is 3.52. The Hall–Kier alpha value is -2.73. The minimum atomic E-state index is 0.127. The molecule has 158 valence electrons. The topological polar surface area (TPSA) is 73.9 Å². The van der Waals surface area contributed by atoms with Gasteiger partial charge in [-0.25, -0.2) is 0 Å². The highest BCUT2D eigenvalue weighted by atomic mass is 16.1. The second kappa shape index (κ2) is 9.39. The molecule has 1 aliphatic carbocycles. The van der Waals surface area contributed by atoms with E-state index < -0.39 is 0 Å². The minimum Gasteiger partial charge on any atom is -0.355 e. The van der Waals surface area contributed by atoms with Crippen LogP contribution in [-0.4, -0.2) is 52.7 Å². The van der Waals surface area contributed by atoms with Gasteiger partial charge in [-0.2, -0.15) is 5.10 Å². The number of carbonyl (C=O) groups excluding carboxylic acids is 1. The molecule has 2 aromatic heterocycles. The second-order valence-corrected chi connectivity index (χ2v) is 8.78. The van der Waals surface area contributed by atoms with Crippen molar-refractivity contribution < 1.29 is 4.79 Å². The molecule has 1 amide bonds. The third-order valence-electron chi connectivity index (χ3n) is 6.14. The van der Waals surface area contributed by atoms with Crippen LogP contribution in [0.3, 0.4) is 0 Å². The molecule has 0 bridgehead atoms. The molecule has 1 aromatic carbocycles. The van der Waals surface area contributed by atoms with E-state index in [4.69, 9.17) is 0 Å². The second-order valence-electron chi connectivity index (χ2n) is 8.78. The van der Waals surface area contributed by atoms with Gasteiger partial charge in [0.25, 0.3) is 0 Å². The fourth-order valence-corrected chi connectivity index (χ4v) is 4.07. The first-order valence-electron chi connectivity index (χ1n) is 10.8. The molecule has 1 saturated carbocycles. The quantitative estimate of drug-likeness (QED) is 0.541. The van der Waals surface area contributed by atoms with Crippen LogP contribution in [-0.2, 0) is 11.2 Å². The van der Waals surface area contributed by atoms with Gasteiger partial charge in [0.1, 0.15) is 0 Å². The summed E-state index contributed by atoms with van der Waals surface area (Å²) in [6, 6.07) is 10.7. The van der Waals surface area contributed by atoms with E-state index in [1.54, 1.807) is 6.20 Å². The number of benzene rings is 1. The molecule has 0 aliphatic heterocycles. The number of aromatic amines is 1. The summed E-state index contributed by atoms with van der Waals surface area (Å²) in [5, 5.41) is 11.4. The molecule has 0 saturated heterocycles. The summed E-state index contributed by atoms with van der Waals surface area (Å²) in [5.74, 6) is 1.16. The molecule has 6 nitrogen and oxygen atoms in total. The fraction of sp³-hybridized carbons (Fsp3) is 0.458. The zero-order valence-corrected chi connectivity index (χ0v) is 17.8. The standard InChI is InChI=1S/C24H31N5O/c1-29(2)22(12-18-7-8-23-21(11-18)15-27-28-23)16-26-24(30)13-20(10-17-5-6-17)19-4-3-9-25-14-19/h3-4,7-9,11,14-15,17,20,22H,5-6,10,12-13,16H2,1-2H3,(H,26,30)(H,27,28)/t20-,22+/m1/s1. The highest BCUT2D eigenvalue weighted by Gasteiger charge is 2.28. The van der Waals surface area contributed by atoms with Gasteiger partial charge < -0.3 is 10.2 Å². The maximum absolute atomic E-state index is 12.8. The van der Waals surface area contributed by atoms with Crippen molar-refractivity contribution in [2.75, 3.05) is 20.6 Å². The first-order valence-corrected chi connectivity index (χ1v) is 10.8. The van der Waals surface area contributed by atoms with Gasteiger partial charge in [-0.05, 0) is 68.1 Å². The normalized spacial score (nSPS) is 16.0. The zero-order chi connectivity index (χ0) is 20.9. The number of carbonyl (C=O) groups is 1. The van der Waals surface area contributed by atoms with E-state index in [1.807, 2.05) is 18.5 Å². The van der Waals surface area contributed by atoms with Crippen molar-refractivity contribution in [3.8, 4) is 0 Å². The van der Waals surface area contributed by atoms with E-state index in [9.17, 15) is 4.79 Å². The van der Waals surface area contributed by atoms with Crippen LogP contribution < -0.4 is 5.32 Å². The van der Waals surface area contributed by atoms with Crippen molar-refractivity contribution in [3.63, 3.8) is 0 Å². The van der Waals surface area contributed by atoms with Gasteiger partial charge in [0.05, 0.1) is 11.7 Å². The van der Waals surface area contributed by atoms with Crippen molar-refractivity contribution in [2.24, 2.45) is 5.92 Å². The summed E-state index contributed by atoms with van der Waals surface area (Å²) in [7, 11) is 4.14. The number of amides is 1. The number of fused-ring (bicyclic) bond motifs is 1. The highest BCUT2D eigenvalue weighted by Crippen LogP contribution is 2.39. The molecule has 2 N–H and O–H groups in total.